The molecule has 0 N–H and O–H groups in total. The van der Waals surface area contributed by atoms with Gasteiger partial charge in [0, 0.05) is 10.0 Å². The number of rotatable bonds is 1. The molecule has 3 heteroatoms. The first-order valence-corrected chi connectivity index (χ1v) is 10.6. The van der Waals surface area contributed by atoms with Gasteiger partial charge in [-0.2, -0.15) is 0 Å². The quantitative estimate of drug-likeness (QED) is 0.239. The van der Waals surface area contributed by atoms with E-state index in [2.05, 4.69) is 82.7 Å². The van der Waals surface area contributed by atoms with Crippen LogP contribution in [0, 0.1) is 0 Å². The third kappa shape index (κ3) is 2.08. The molecule has 0 aliphatic heterocycles. The molecule has 0 bridgehead atoms. The second-order valence-electron chi connectivity index (χ2n) is 7.57. The van der Waals surface area contributed by atoms with Crippen molar-refractivity contribution in [1.29, 1.82) is 0 Å². The summed E-state index contributed by atoms with van der Waals surface area (Å²) in [5, 5.41) is -0.431. The molecule has 1 spiro atoms. The van der Waals surface area contributed by atoms with Gasteiger partial charge in [0.25, 0.3) is 5.24 Å². The van der Waals surface area contributed by atoms with Crippen molar-refractivity contribution in [2.75, 3.05) is 0 Å². The Balaban J connectivity index is 1.85. The fraction of sp³-hybridized carbons (Fsp3) is 0.0385. The van der Waals surface area contributed by atoms with Crippen molar-refractivity contribution in [2.24, 2.45) is 0 Å². The number of halogens is 2. The average Bonchev–Trinajstić information content (AvgIpc) is 3.20. The van der Waals surface area contributed by atoms with E-state index in [4.69, 9.17) is 11.6 Å². The molecule has 0 radical (unpaired) electrons. The molecular weight excluding hydrogens is 444 g/mol. The number of carbonyl (C=O) groups excluding carboxylic acids is 1. The first kappa shape index (κ1) is 17.2. The third-order valence-electron chi connectivity index (χ3n) is 6.28. The lowest BCUT2D eigenvalue weighted by molar-refractivity contribution is 0.108. The molecule has 138 valence electrons. The Morgan fingerprint density at radius 3 is 1.79 bits per heavy atom. The van der Waals surface area contributed by atoms with Crippen molar-refractivity contribution >= 4 is 32.8 Å². The highest BCUT2D eigenvalue weighted by molar-refractivity contribution is 9.10. The Bertz CT molecular complexity index is 1340. The van der Waals surface area contributed by atoms with Crippen LogP contribution in [0.25, 0.3) is 22.3 Å². The minimum atomic E-state index is -0.454. The minimum absolute atomic E-state index is 0.431. The highest BCUT2D eigenvalue weighted by Gasteiger charge is 2.51. The molecule has 29 heavy (non-hydrogen) atoms. The lowest BCUT2D eigenvalue weighted by Crippen LogP contribution is -2.26. The molecule has 0 saturated carbocycles. The Morgan fingerprint density at radius 2 is 1.17 bits per heavy atom. The van der Waals surface area contributed by atoms with Crippen molar-refractivity contribution < 1.29 is 4.79 Å². The Kier molecular flexibility index (Phi) is 3.51. The molecule has 1 atom stereocenters. The van der Waals surface area contributed by atoms with Gasteiger partial charge in [-0.3, -0.25) is 4.79 Å². The van der Waals surface area contributed by atoms with Gasteiger partial charge in [0.15, 0.2) is 0 Å². The summed E-state index contributed by atoms with van der Waals surface area (Å²) >= 11 is 9.57. The zero-order chi connectivity index (χ0) is 19.8. The maximum atomic E-state index is 12.0. The molecule has 4 aromatic rings. The van der Waals surface area contributed by atoms with Gasteiger partial charge in [-0.05, 0) is 80.4 Å². The first-order chi connectivity index (χ1) is 14.1. The molecule has 0 saturated heterocycles. The molecule has 0 aromatic heterocycles. The van der Waals surface area contributed by atoms with Crippen LogP contribution in [-0.2, 0) is 5.41 Å². The van der Waals surface area contributed by atoms with Crippen molar-refractivity contribution in [2.45, 2.75) is 5.41 Å². The molecular formula is C26H14BrClO. The maximum Gasteiger partial charge on any atom is 0.252 e. The van der Waals surface area contributed by atoms with Crippen molar-refractivity contribution in [3.8, 4) is 22.3 Å². The van der Waals surface area contributed by atoms with Crippen LogP contribution in [-0.4, -0.2) is 5.24 Å². The van der Waals surface area contributed by atoms with Crippen LogP contribution >= 0.6 is 27.5 Å². The Hall–Kier alpha value is -2.68. The minimum Gasteiger partial charge on any atom is -0.276 e. The van der Waals surface area contributed by atoms with E-state index < -0.39 is 10.7 Å². The van der Waals surface area contributed by atoms with E-state index in [0.717, 1.165) is 15.6 Å². The zero-order valence-electron chi connectivity index (χ0n) is 15.2. The van der Waals surface area contributed by atoms with Crippen molar-refractivity contribution in [3.63, 3.8) is 0 Å². The monoisotopic (exact) mass is 456 g/mol. The van der Waals surface area contributed by atoms with Gasteiger partial charge in [-0.15, -0.1) is 0 Å². The molecule has 6 rings (SSSR count). The number of hydrogen-bond donors (Lipinski definition) is 0. The summed E-state index contributed by atoms with van der Waals surface area (Å²) in [6, 6.07) is 29.5. The molecule has 0 fully saturated rings. The highest BCUT2D eigenvalue weighted by atomic mass is 79.9. The van der Waals surface area contributed by atoms with Crippen LogP contribution < -0.4 is 0 Å². The van der Waals surface area contributed by atoms with Crippen LogP contribution in [0.15, 0.2) is 89.4 Å². The number of benzene rings is 4. The topological polar surface area (TPSA) is 17.1 Å². The summed E-state index contributed by atoms with van der Waals surface area (Å²) in [5.41, 5.74) is 9.76. The molecule has 2 aliphatic rings. The summed E-state index contributed by atoms with van der Waals surface area (Å²) in [6.45, 7) is 0. The summed E-state index contributed by atoms with van der Waals surface area (Å²) < 4.78 is 1.04. The molecule has 4 aromatic carbocycles. The largest absolute Gasteiger partial charge is 0.276 e. The molecule has 1 nitrogen and oxygen atoms in total. The van der Waals surface area contributed by atoms with Gasteiger partial charge in [-0.1, -0.05) is 76.6 Å². The summed E-state index contributed by atoms with van der Waals surface area (Å²) in [7, 11) is 0. The molecule has 0 heterocycles. The summed E-state index contributed by atoms with van der Waals surface area (Å²) in [4.78, 5) is 12.0. The highest BCUT2D eigenvalue weighted by Crippen LogP contribution is 2.63. The molecule has 0 amide bonds. The molecule has 1 unspecified atom stereocenters. The fourth-order valence-corrected chi connectivity index (χ4v) is 5.71. The van der Waals surface area contributed by atoms with Crippen LogP contribution in [0.1, 0.15) is 32.6 Å². The lowest BCUT2D eigenvalue weighted by Gasteiger charge is -2.30. The lowest BCUT2D eigenvalue weighted by atomic mass is 9.70. The van der Waals surface area contributed by atoms with Gasteiger partial charge < -0.3 is 0 Å². The predicted octanol–water partition coefficient (Wildman–Crippen LogP) is 7.17. The summed E-state index contributed by atoms with van der Waals surface area (Å²) in [5.74, 6) is 0. The second kappa shape index (κ2) is 5.91. The predicted molar refractivity (Wildman–Crippen MR) is 121 cm³/mol. The Labute approximate surface area is 182 Å². The van der Waals surface area contributed by atoms with Gasteiger partial charge in [0.05, 0.1) is 5.41 Å². The number of carbonyl (C=O) groups is 1. The number of fused-ring (bicyclic) bond motifs is 10. The van der Waals surface area contributed by atoms with Crippen LogP contribution in [0.3, 0.4) is 0 Å². The van der Waals surface area contributed by atoms with E-state index in [-0.39, 0.29) is 0 Å². The molecule has 2 aliphatic carbocycles. The van der Waals surface area contributed by atoms with E-state index in [1.54, 1.807) is 0 Å². The average molecular weight is 458 g/mol. The smallest absolute Gasteiger partial charge is 0.252 e. The summed E-state index contributed by atoms with van der Waals surface area (Å²) in [6.07, 6.45) is 0. The van der Waals surface area contributed by atoms with Gasteiger partial charge in [0.1, 0.15) is 0 Å². The van der Waals surface area contributed by atoms with Crippen molar-refractivity contribution in [3.05, 3.63) is 117 Å². The number of hydrogen-bond acceptors (Lipinski definition) is 1. The van der Waals surface area contributed by atoms with E-state index in [1.165, 1.54) is 33.4 Å². The van der Waals surface area contributed by atoms with E-state index in [0.29, 0.717) is 5.56 Å². The standard InChI is InChI=1S/C26H14BrClO/c27-16-10-12-20-18-6-2-4-8-22(18)26(24(20)14-16)21-7-3-1-5-17(21)19-11-9-15(25(28)29)13-23(19)26/h1-14H. The maximum absolute atomic E-state index is 12.0. The third-order valence-corrected chi connectivity index (χ3v) is 6.99. The van der Waals surface area contributed by atoms with Crippen LogP contribution in [0.2, 0.25) is 0 Å². The fourth-order valence-electron chi connectivity index (χ4n) is 5.23. The second-order valence-corrected chi connectivity index (χ2v) is 8.82. The van der Waals surface area contributed by atoms with E-state index in [1.807, 2.05) is 18.2 Å². The van der Waals surface area contributed by atoms with Gasteiger partial charge >= 0.3 is 0 Å². The first-order valence-electron chi connectivity index (χ1n) is 9.46. The van der Waals surface area contributed by atoms with Gasteiger partial charge in [-0.25, -0.2) is 0 Å². The van der Waals surface area contributed by atoms with Crippen molar-refractivity contribution in [1.82, 2.24) is 0 Å². The SMILES string of the molecule is O=C(Cl)c1ccc2c(c1)C1(c3ccccc3-c3ccc(Br)cc31)c1ccccc1-2. The zero-order valence-corrected chi connectivity index (χ0v) is 17.6. The van der Waals surface area contributed by atoms with E-state index >= 15 is 0 Å². The van der Waals surface area contributed by atoms with Crippen LogP contribution in [0.4, 0.5) is 0 Å². The van der Waals surface area contributed by atoms with Gasteiger partial charge in [0.2, 0.25) is 0 Å². The van der Waals surface area contributed by atoms with E-state index in [9.17, 15) is 4.79 Å². The normalized spacial score (nSPS) is 17.6. The van der Waals surface area contributed by atoms with Crippen LogP contribution in [0.5, 0.6) is 0 Å². The Morgan fingerprint density at radius 1 is 0.655 bits per heavy atom.